The van der Waals surface area contributed by atoms with Crippen molar-refractivity contribution in [2.24, 2.45) is 11.8 Å². The van der Waals surface area contributed by atoms with E-state index in [1.165, 1.54) is 4.31 Å². The van der Waals surface area contributed by atoms with Crippen molar-refractivity contribution >= 4 is 16.2 Å². The van der Waals surface area contributed by atoms with Crippen LogP contribution >= 0.6 is 0 Å². The fraction of sp³-hybridized carbons (Fsp3) is 0.900. The van der Waals surface area contributed by atoms with Crippen LogP contribution in [0.2, 0.25) is 0 Å². The number of piperidine rings is 1. The summed E-state index contributed by atoms with van der Waals surface area (Å²) in [6, 6.07) is 0. The van der Waals surface area contributed by atoms with E-state index in [4.69, 9.17) is 10.2 Å². The first-order valence-electron chi connectivity index (χ1n) is 5.88. The minimum absolute atomic E-state index is 0.273. The van der Waals surface area contributed by atoms with Crippen LogP contribution in [-0.2, 0) is 15.0 Å². The van der Waals surface area contributed by atoms with Crippen molar-refractivity contribution in [1.82, 2.24) is 9.03 Å². The van der Waals surface area contributed by atoms with Crippen LogP contribution in [0.1, 0.15) is 20.3 Å². The highest BCUT2D eigenvalue weighted by Crippen LogP contribution is 2.22. The van der Waals surface area contributed by atoms with Crippen molar-refractivity contribution in [3.05, 3.63) is 0 Å². The van der Waals surface area contributed by atoms with E-state index in [1.807, 2.05) is 13.8 Å². The van der Waals surface area contributed by atoms with E-state index >= 15 is 0 Å². The minimum atomic E-state index is -3.72. The summed E-state index contributed by atoms with van der Waals surface area (Å²) in [6.07, 6.45) is -0.747. The van der Waals surface area contributed by atoms with Crippen molar-refractivity contribution in [3.8, 4) is 0 Å². The van der Waals surface area contributed by atoms with Gasteiger partial charge in [-0.1, -0.05) is 13.8 Å². The average molecular weight is 280 g/mol. The summed E-state index contributed by atoms with van der Waals surface area (Å²) in [6.45, 7) is 4.27. The van der Waals surface area contributed by atoms with E-state index < -0.39 is 28.8 Å². The highest BCUT2D eigenvalue weighted by molar-refractivity contribution is 7.87. The van der Waals surface area contributed by atoms with Gasteiger partial charge in [-0.3, -0.25) is 0 Å². The Morgan fingerprint density at radius 3 is 2.33 bits per heavy atom. The molecule has 3 atom stereocenters. The molecular weight excluding hydrogens is 260 g/mol. The molecule has 1 aliphatic rings. The maximum Gasteiger partial charge on any atom is 0.333 e. The van der Waals surface area contributed by atoms with Crippen LogP contribution in [-0.4, -0.2) is 54.6 Å². The number of rotatable bonds is 5. The molecule has 8 heteroatoms. The fourth-order valence-electron chi connectivity index (χ4n) is 2.16. The largest absolute Gasteiger partial charge is 0.479 e. The molecule has 0 spiro atoms. The third-order valence-corrected chi connectivity index (χ3v) is 4.43. The summed E-state index contributed by atoms with van der Waals surface area (Å²) >= 11 is 0. The van der Waals surface area contributed by atoms with Gasteiger partial charge in [0.2, 0.25) is 0 Å². The number of nitrogens with one attached hydrogen (secondary N) is 1. The number of hydrogen-bond acceptors (Lipinski definition) is 4. The number of aliphatic hydroxyl groups excluding tert-OH is 1. The number of aliphatic hydroxyl groups is 1. The van der Waals surface area contributed by atoms with Crippen LogP contribution < -0.4 is 4.72 Å². The summed E-state index contributed by atoms with van der Waals surface area (Å²) in [5.41, 5.74) is 0. The third-order valence-electron chi connectivity index (χ3n) is 2.92. The van der Waals surface area contributed by atoms with Crippen molar-refractivity contribution < 1.29 is 23.4 Å². The van der Waals surface area contributed by atoms with Gasteiger partial charge in [0.25, 0.3) is 10.2 Å². The van der Waals surface area contributed by atoms with E-state index in [0.717, 1.165) is 6.42 Å². The lowest BCUT2D eigenvalue weighted by Crippen LogP contribution is -2.49. The molecule has 1 rings (SSSR count). The van der Waals surface area contributed by atoms with Crippen molar-refractivity contribution in [3.63, 3.8) is 0 Å². The monoisotopic (exact) mass is 280 g/mol. The zero-order chi connectivity index (χ0) is 13.9. The van der Waals surface area contributed by atoms with Gasteiger partial charge in [-0.25, -0.2) is 4.79 Å². The molecule has 7 nitrogen and oxygen atoms in total. The van der Waals surface area contributed by atoms with E-state index in [9.17, 15) is 13.2 Å². The Kier molecular flexibility index (Phi) is 5.09. The molecule has 1 aliphatic heterocycles. The van der Waals surface area contributed by atoms with Crippen LogP contribution in [0.3, 0.4) is 0 Å². The van der Waals surface area contributed by atoms with E-state index in [-0.39, 0.29) is 11.8 Å². The number of carboxylic acid groups (broad SMARTS) is 1. The van der Waals surface area contributed by atoms with Gasteiger partial charge in [0.15, 0.2) is 6.10 Å². The average Bonchev–Trinajstić information content (AvgIpc) is 2.24. The van der Waals surface area contributed by atoms with E-state index in [1.54, 1.807) is 0 Å². The van der Waals surface area contributed by atoms with Gasteiger partial charge in [-0.15, -0.1) is 0 Å². The molecule has 1 heterocycles. The zero-order valence-electron chi connectivity index (χ0n) is 10.5. The molecule has 0 saturated carbocycles. The predicted molar refractivity (Wildman–Crippen MR) is 65.1 cm³/mol. The summed E-state index contributed by atoms with van der Waals surface area (Å²) in [7, 11) is -3.72. The standard InChI is InChI=1S/C10H20N2O5S/c1-7-3-8(2)6-12(5-7)18(16,17)11-4-9(13)10(14)15/h7-9,11,13H,3-6H2,1-2H3,(H,14,15)/t7?,8?,9-/m0/s1. The number of aliphatic carboxylic acids is 1. The highest BCUT2D eigenvalue weighted by Gasteiger charge is 2.31. The Morgan fingerprint density at radius 2 is 1.89 bits per heavy atom. The quantitative estimate of drug-likeness (QED) is 0.614. The Balaban J connectivity index is 2.60. The van der Waals surface area contributed by atoms with Crippen molar-refractivity contribution in [2.45, 2.75) is 26.4 Å². The van der Waals surface area contributed by atoms with E-state index in [0.29, 0.717) is 13.1 Å². The molecule has 0 radical (unpaired) electrons. The zero-order valence-corrected chi connectivity index (χ0v) is 11.4. The summed E-state index contributed by atoms with van der Waals surface area (Å²) < 4.78 is 27.3. The van der Waals surface area contributed by atoms with E-state index in [2.05, 4.69) is 4.72 Å². The second-order valence-electron chi connectivity index (χ2n) is 4.97. The van der Waals surface area contributed by atoms with Gasteiger partial charge < -0.3 is 10.2 Å². The minimum Gasteiger partial charge on any atom is -0.479 e. The Labute approximate surface area is 107 Å². The fourth-order valence-corrected chi connectivity index (χ4v) is 3.62. The normalized spacial score (nSPS) is 27.9. The van der Waals surface area contributed by atoms with Gasteiger partial charge in [0.1, 0.15) is 0 Å². The molecule has 1 saturated heterocycles. The lowest BCUT2D eigenvalue weighted by molar-refractivity contribution is -0.146. The Bertz CT molecular complexity index is 387. The molecule has 0 aliphatic carbocycles. The molecule has 1 fully saturated rings. The number of carbonyl (C=O) groups is 1. The smallest absolute Gasteiger partial charge is 0.333 e. The first kappa shape index (κ1) is 15.4. The SMILES string of the molecule is CC1CC(C)CN(S(=O)(=O)NC[C@H](O)C(=O)O)C1. The van der Waals surface area contributed by atoms with Gasteiger partial charge in [0.05, 0.1) is 0 Å². The topological polar surface area (TPSA) is 107 Å². The second kappa shape index (κ2) is 5.96. The van der Waals surface area contributed by atoms with Crippen LogP contribution in [0, 0.1) is 11.8 Å². The number of nitrogens with zero attached hydrogens (tertiary/aromatic N) is 1. The number of carboxylic acids is 1. The van der Waals surface area contributed by atoms with Crippen LogP contribution in [0.4, 0.5) is 0 Å². The molecule has 0 aromatic heterocycles. The molecule has 0 bridgehead atoms. The highest BCUT2D eigenvalue weighted by atomic mass is 32.2. The number of hydrogen-bond donors (Lipinski definition) is 3. The maximum absolute atomic E-state index is 11.9. The lowest BCUT2D eigenvalue weighted by atomic mass is 9.94. The van der Waals surface area contributed by atoms with Crippen LogP contribution in [0.15, 0.2) is 0 Å². The van der Waals surface area contributed by atoms with Gasteiger partial charge in [-0.2, -0.15) is 17.4 Å². The maximum atomic E-state index is 11.9. The molecular formula is C10H20N2O5S. The first-order valence-corrected chi connectivity index (χ1v) is 7.32. The van der Waals surface area contributed by atoms with Crippen LogP contribution in [0.25, 0.3) is 0 Å². The second-order valence-corrected chi connectivity index (χ2v) is 6.73. The molecule has 0 aromatic carbocycles. The van der Waals surface area contributed by atoms with Crippen molar-refractivity contribution in [2.75, 3.05) is 19.6 Å². The van der Waals surface area contributed by atoms with Gasteiger partial charge in [-0.05, 0) is 18.3 Å². The Morgan fingerprint density at radius 1 is 1.39 bits per heavy atom. The summed E-state index contributed by atoms with van der Waals surface area (Å²) in [5.74, 6) is -0.900. The van der Waals surface area contributed by atoms with Crippen molar-refractivity contribution in [1.29, 1.82) is 0 Å². The molecule has 0 amide bonds. The first-order chi connectivity index (χ1) is 8.22. The molecule has 3 N–H and O–H groups in total. The van der Waals surface area contributed by atoms with Gasteiger partial charge >= 0.3 is 5.97 Å². The lowest BCUT2D eigenvalue weighted by Gasteiger charge is -2.34. The predicted octanol–water partition coefficient (Wildman–Crippen LogP) is -0.756. The van der Waals surface area contributed by atoms with Gasteiger partial charge in [0, 0.05) is 19.6 Å². The molecule has 0 aromatic rings. The van der Waals surface area contributed by atoms with Crippen LogP contribution in [0.5, 0.6) is 0 Å². The summed E-state index contributed by atoms with van der Waals surface area (Å²) in [4.78, 5) is 10.4. The molecule has 18 heavy (non-hydrogen) atoms. The Hall–Kier alpha value is -0.700. The molecule has 2 unspecified atom stereocenters. The molecule has 106 valence electrons. The third kappa shape index (κ3) is 4.20. The summed E-state index contributed by atoms with van der Waals surface area (Å²) in [5, 5.41) is 17.5.